The molecule has 1 atom stereocenters. The van der Waals surface area contributed by atoms with Gasteiger partial charge in [-0.2, -0.15) is 0 Å². The number of carbonyl (C=O) groups excluding carboxylic acids is 2. The van der Waals surface area contributed by atoms with E-state index >= 15 is 0 Å². The lowest BCUT2D eigenvalue weighted by Gasteiger charge is -2.33. The minimum atomic E-state index is -0.720. The maximum Gasteiger partial charge on any atom is 0.261 e. The molecule has 0 unspecified atom stereocenters. The van der Waals surface area contributed by atoms with Gasteiger partial charge in [-0.05, 0) is 54.3 Å². The highest BCUT2D eigenvalue weighted by Gasteiger charge is 2.32. The Morgan fingerprint density at radius 2 is 1.58 bits per heavy atom. The van der Waals surface area contributed by atoms with Crippen molar-refractivity contribution in [1.29, 1.82) is 0 Å². The zero-order valence-electron chi connectivity index (χ0n) is 21.8. The molecule has 0 aromatic heterocycles. The van der Waals surface area contributed by atoms with Crippen LogP contribution in [0.25, 0.3) is 0 Å². The number of halogens is 1. The number of nitrogens with one attached hydrogen (secondary N) is 1. The van der Waals surface area contributed by atoms with Crippen LogP contribution < -0.4 is 14.8 Å². The summed E-state index contributed by atoms with van der Waals surface area (Å²) in [5.74, 6) is 0.806. The third kappa shape index (κ3) is 7.75. The summed E-state index contributed by atoms with van der Waals surface area (Å²) in [5, 5.41) is 3.79. The Kier molecular flexibility index (Phi) is 10.0. The predicted molar refractivity (Wildman–Crippen MR) is 149 cm³/mol. The summed E-state index contributed by atoms with van der Waals surface area (Å²) in [6, 6.07) is 23.6. The van der Waals surface area contributed by atoms with Gasteiger partial charge in [0.05, 0.1) is 7.11 Å². The number of nitrogens with zero attached hydrogens (tertiary/aromatic N) is 1. The van der Waals surface area contributed by atoms with Gasteiger partial charge in [0, 0.05) is 24.0 Å². The molecule has 0 aliphatic heterocycles. The molecule has 1 aliphatic rings. The van der Waals surface area contributed by atoms with Crippen molar-refractivity contribution in [2.45, 2.75) is 57.2 Å². The lowest BCUT2D eigenvalue weighted by atomic mass is 9.94. The lowest BCUT2D eigenvalue weighted by Crippen LogP contribution is -2.53. The monoisotopic (exact) mass is 534 g/mol. The van der Waals surface area contributed by atoms with Gasteiger partial charge in [0.1, 0.15) is 17.5 Å². The van der Waals surface area contributed by atoms with Gasteiger partial charge in [-0.3, -0.25) is 9.59 Å². The van der Waals surface area contributed by atoms with Crippen molar-refractivity contribution in [2.24, 2.45) is 0 Å². The van der Waals surface area contributed by atoms with Gasteiger partial charge in [-0.1, -0.05) is 79.4 Å². The van der Waals surface area contributed by atoms with Crippen LogP contribution in [0.5, 0.6) is 11.5 Å². The summed E-state index contributed by atoms with van der Waals surface area (Å²) in [7, 11) is 1.59. The highest BCUT2D eigenvalue weighted by Crippen LogP contribution is 2.23. The number of methoxy groups -OCH3 is 1. The summed E-state index contributed by atoms with van der Waals surface area (Å²) in [6.45, 7) is -0.0150. The van der Waals surface area contributed by atoms with E-state index in [1.165, 1.54) is 6.42 Å². The number of hydrogen-bond acceptors (Lipinski definition) is 4. The van der Waals surface area contributed by atoms with Crippen LogP contribution in [0.15, 0.2) is 78.9 Å². The first-order valence-electron chi connectivity index (χ1n) is 13.2. The number of rotatable bonds is 11. The van der Waals surface area contributed by atoms with E-state index in [-0.39, 0.29) is 31.0 Å². The summed E-state index contributed by atoms with van der Waals surface area (Å²) in [4.78, 5) is 29.1. The molecule has 38 heavy (non-hydrogen) atoms. The van der Waals surface area contributed by atoms with E-state index in [2.05, 4.69) is 5.32 Å². The first-order valence-corrected chi connectivity index (χ1v) is 13.6. The van der Waals surface area contributed by atoms with E-state index in [1.54, 1.807) is 42.3 Å². The Morgan fingerprint density at radius 3 is 2.26 bits per heavy atom. The second kappa shape index (κ2) is 13.9. The van der Waals surface area contributed by atoms with Crippen LogP contribution in [0.4, 0.5) is 0 Å². The Morgan fingerprint density at radius 1 is 0.921 bits per heavy atom. The third-order valence-corrected chi connectivity index (χ3v) is 7.31. The maximum absolute atomic E-state index is 13.8. The summed E-state index contributed by atoms with van der Waals surface area (Å²) >= 11 is 6.49. The first kappa shape index (κ1) is 27.5. The maximum atomic E-state index is 13.8. The normalized spacial score (nSPS) is 14.4. The topological polar surface area (TPSA) is 67.9 Å². The van der Waals surface area contributed by atoms with E-state index in [0.29, 0.717) is 22.9 Å². The quantitative estimate of drug-likeness (QED) is 0.337. The molecule has 200 valence electrons. The van der Waals surface area contributed by atoms with E-state index in [9.17, 15) is 9.59 Å². The Bertz CT molecular complexity index is 1180. The molecular formula is C31H35ClN2O4. The van der Waals surface area contributed by atoms with E-state index in [4.69, 9.17) is 21.1 Å². The van der Waals surface area contributed by atoms with Crippen LogP contribution in [0, 0.1) is 0 Å². The number of carbonyl (C=O) groups is 2. The molecule has 3 aromatic rings. The van der Waals surface area contributed by atoms with Crippen LogP contribution in [0.2, 0.25) is 5.02 Å². The standard InChI is InChI=1S/C31H35ClN2O4/c1-37-26-16-18-27(19-17-26)38-22-30(35)34(21-24-12-8-9-15-28(24)32)29(20-23-10-4-2-5-11-23)31(36)33-25-13-6-3-7-14-25/h2,4-5,8-12,15-19,25,29H,3,6-7,13-14,20-22H2,1H3,(H,33,36)/t29-/m1/s1. The number of hydrogen-bond donors (Lipinski definition) is 1. The highest BCUT2D eigenvalue weighted by molar-refractivity contribution is 6.31. The zero-order valence-corrected chi connectivity index (χ0v) is 22.5. The van der Waals surface area contributed by atoms with Gasteiger partial charge in [0.15, 0.2) is 6.61 Å². The van der Waals surface area contributed by atoms with Crippen molar-refractivity contribution in [3.8, 4) is 11.5 Å². The Labute approximate surface area is 229 Å². The van der Waals surface area contributed by atoms with E-state index < -0.39 is 6.04 Å². The van der Waals surface area contributed by atoms with Crippen molar-refractivity contribution in [2.75, 3.05) is 13.7 Å². The second-order valence-corrected chi connectivity index (χ2v) is 10.0. The molecule has 1 saturated carbocycles. The van der Waals surface area contributed by atoms with Crippen molar-refractivity contribution in [1.82, 2.24) is 10.2 Å². The molecule has 0 heterocycles. The minimum absolute atomic E-state index is 0.127. The lowest BCUT2D eigenvalue weighted by molar-refractivity contribution is -0.143. The molecule has 0 spiro atoms. The van der Waals surface area contributed by atoms with Crippen LogP contribution in [0.1, 0.15) is 43.2 Å². The molecule has 0 saturated heterocycles. The van der Waals surface area contributed by atoms with Gasteiger partial charge in [0.2, 0.25) is 5.91 Å². The average Bonchev–Trinajstić information content (AvgIpc) is 2.96. The molecule has 7 heteroatoms. The molecule has 2 amide bonds. The second-order valence-electron chi connectivity index (χ2n) is 9.63. The molecule has 6 nitrogen and oxygen atoms in total. The number of ether oxygens (including phenoxy) is 2. The zero-order chi connectivity index (χ0) is 26.7. The third-order valence-electron chi connectivity index (χ3n) is 6.94. The minimum Gasteiger partial charge on any atom is -0.497 e. The summed E-state index contributed by atoms with van der Waals surface area (Å²) < 4.78 is 11.0. The van der Waals surface area contributed by atoms with Crippen molar-refractivity contribution in [3.63, 3.8) is 0 Å². The average molecular weight is 535 g/mol. The number of amides is 2. The summed E-state index contributed by atoms with van der Waals surface area (Å²) in [6.07, 6.45) is 5.71. The smallest absolute Gasteiger partial charge is 0.261 e. The summed E-state index contributed by atoms with van der Waals surface area (Å²) in [5.41, 5.74) is 1.75. The van der Waals surface area contributed by atoms with Crippen molar-refractivity contribution in [3.05, 3.63) is 95.0 Å². The van der Waals surface area contributed by atoms with E-state index in [1.807, 2.05) is 48.5 Å². The molecule has 1 N–H and O–H groups in total. The van der Waals surface area contributed by atoms with Gasteiger partial charge in [0.25, 0.3) is 5.91 Å². The Balaban J connectivity index is 1.60. The molecule has 0 radical (unpaired) electrons. The number of benzene rings is 3. The van der Waals surface area contributed by atoms with Crippen LogP contribution in [-0.4, -0.2) is 42.5 Å². The fourth-order valence-corrected chi connectivity index (χ4v) is 5.00. The van der Waals surface area contributed by atoms with Gasteiger partial charge in [-0.25, -0.2) is 0 Å². The molecule has 1 aliphatic carbocycles. The molecule has 3 aromatic carbocycles. The van der Waals surface area contributed by atoms with E-state index in [0.717, 1.165) is 36.8 Å². The van der Waals surface area contributed by atoms with Crippen LogP contribution in [-0.2, 0) is 22.6 Å². The molecule has 4 rings (SSSR count). The molecule has 0 bridgehead atoms. The first-order chi connectivity index (χ1) is 18.5. The van der Waals surface area contributed by atoms with Crippen LogP contribution >= 0.6 is 11.6 Å². The van der Waals surface area contributed by atoms with Gasteiger partial charge < -0.3 is 19.7 Å². The van der Waals surface area contributed by atoms with Gasteiger partial charge >= 0.3 is 0 Å². The molecule has 1 fully saturated rings. The Hall–Kier alpha value is -3.51. The largest absolute Gasteiger partial charge is 0.497 e. The SMILES string of the molecule is COc1ccc(OCC(=O)N(Cc2ccccc2Cl)[C@H](Cc2ccccc2)C(=O)NC2CCCCC2)cc1. The van der Waals surface area contributed by atoms with Crippen LogP contribution in [0.3, 0.4) is 0 Å². The van der Waals surface area contributed by atoms with Gasteiger partial charge in [-0.15, -0.1) is 0 Å². The predicted octanol–water partition coefficient (Wildman–Crippen LogP) is 5.82. The van der Waals surface area contributed by atoms with Crippen molar-refractivity contribution >= 4 is 23.4 Å². The molecular weight excluding hydrogens is 500 g/mol. The highest BCUT2D eigenvalue weighted by atomic mass is 35.5. The fourth-order valence-electron chi connectivity index (χ4n) is 4.81. The fraction of sp³-hybridized carbons (Fsp3) is 0.355. The van der Waals surface area contributed by atoms with Crippen molar-refractivity contribution < 1.29 is 19.1 Å².